The van der Waals surface area contributed by atoms with Crippen LogP contribution in [0.5, 0.6) is 0 Å². The Balaban J connectivity index is 2.34. The quantitative estimate of drug-likeness (QED) is 0.753. The molecule has 0 saturated carbocycles. The van der Waals surface area contributed by atoms with Crippen molar-refractivity contribution in [2.24, 2.45) is 0 Å². The Hall–Kier alpha value is -0.580. The molecule has 0 aliphatic carbocycles. The molecule has 1 aromatic heterocycles. The summed E-state index contributed by atoms with van der Waals surface area (Å²) in [5.74, 6) is 0.774. The fraction of sp³-hybridized carbons (Fsp3) is 0.111. The normalized spacial score (nSPS) is 10.4. The number of benzene rings is 1. The highest BCUT2D eigenvalue weighted by Gasteiger charge is 2.04. The Kier molecular flexibility index (Phi) is 3.05. The zero-order chi connectivity index (χ0) is 9.97. The summed E-state index contributed by atoms with van der Waals surface area (Å²) in [5, 5.41) is 0.731. The smallest absolute Gasteiger partial charge is 0.174 e. The van der Waals surface area contributed by atoms with Crippen LogP contribution in [-0.4, -0.2) is 15.6 Å². The van der Waals surface area contributed by atoms with Gasteiger partial charge in [-0.15, -0.1) is 0 Å². The molecular weight excluding hydrogens is 236 g/mol. The van der Waals surface area contributed by atoms with Crippen molar-refractivity contribution in [3.8, 4) is 11.4 Å². The summed E-state index contributed by atoms with van der Waals surface area (Å²) in [6.07, 6.45) is 1.99. The SMILES string of the molecule is CSc1nc(-c2ccc(Cl)cc2)ns1. The Bertz CT molecular complexity index is 425. The highest BCUT2D eigenvalue weighted by molar-refractivity contribution is 8.00. The summed E-state index contributed by atoms with van der Waals surface area (Å²) in [7, 11) is 0. The summed E-state index contributed by atoms with van der Waals surface area (Å²) in [6, 6.07) is 7.54. The third-order valence-corrected chi connectivity index (χ3v) is 3.61. The molecule has 0 saturated heterocycles. The van der Waals surface area contributed by atoms with Crippen LogP contribution in [0.2, 0.25) is 5.02 Å². The van der Waals surface area contributed by atoms with Crippen LogP contribution in [-0.2, 0) is 0 Å². The predicted molar refractivity (Wildman–Crippen MR) is 62.1 cm³/mol. The van der Waals surface area contributed by atoms with Crippen LogP contribution in [0.1, 0.15) is 0 Å². The van der Waals surface area contributed by atoms with Gasteiger partial charge in [0.05, 0.1) is 0 Å². The summed E-state index contributed by atoms with van der Waals surface area (Å²) in [6.45, 7) is 0. The number of rotatable bonds is 2. The molecule has 2 rings (SSSR count). The lowest BCUT2D eigenvalue weighted by atomic mass is 10.2. The van der Waals surface area contributed by atoms with E-state index < -0.39 is 0 Å². The fourth-order valence-electron chi connectivity index (χ4n) is 1.01. The molecule has 14 heavy (non-hydrogen) atoms. The van der Waals surface area contributed by atoms with Crippen molar-refractivity contribution in [1.82, 2.24) is 9.36 Å². The first kappa shape index (κ1) is 9.96. The summed E-state index contributed by atoms with van der Waals surface area (Å²) < 4.78 is 5.24. The summed E-state index contributed by atoms with van der Waals surface area (Å²) in [4.78, 5) is 4.36. The highest BCUT2D eigenvalue weighted by Crippen LogP contribution is 2.24. The molecule has 72 valence electrons. The van der Waals surface area contributed by atoms with E-state index in [4.69, 9.17) is 11.6 Å². The maximum Gasteiger partial charge on any atom is 0.174 e. The van der Waals surface area contributed by atoms with Gasteiger partial charge in [-0.3, -0.25) is 0 Å². The van der Waals surface area contributed by atoms with Crippen LogP contribution in [0.3, 0.4) is 0 Å². The molecule has 1 aromatic carbocycles. The molecule has 0 aliphatic rings. The van der Waals surface area contributed by atoms with Crippen LogP contribution in [0.25, 0.3) is 11.4 Å². The second kappa shape index (κ2) is 4.29. The van der Waals surface area contributed by atoms with Crippen molar-refractivity contribution in [1.29, 1.82) is 0 Å². The zero-order valence-corrected chi connectivity index (χ0v) is 9.79. The monoisotopic (exact) mass is 242 g/mol. The van der Waals surface area contributed by atoms with Gasteiger partial charge in [0.15, 0.2) is 10.2 Å². The van der Waals surface area contributed by atoms with E-state index in [-0.39, 0.29) is 0 Å². The van der Waals surface area contributed by atoms with Gasteiger partial charge in [-0.05, 0) is 42.1 Å². The zero-order valence-electron chi connectivity index (χ0n) is 7.40. The highest BCUT2D eigenvalue weighted by atomic mass is 35.5. The first-order valence-corrected chi connectivity index (χ1v) is 6.31. The van der Waals surface area contributed by atoms with E-state index >= 15 is 0 Å². The van der Waals surface area contributed by atoms with Gasteiger partial charge in [0, 0.05) is 10.6 Å². The van der Waals surface area contributed by atoms with Crippen LogP contribution in [0.4, 0.5) is 0 Å². The topological polar surface area (TPSA) is 25.8 Å². The summed E-state index contributed by atoms with van der Waals surface area (Å²) in [5.41, 5.74) is 1.01. The molecule has 0 amide bonds. The van der Waals surface area contributed by atoms with Crippen molar-refractivity contribution in [2.45, 2.75) is 4.34 Å². The number of nitrogens with zero attached hydrogens (tertiary/aromatic N) is 2. The molecule has 0 radical (unpaired) electrons. The Morgan fingerprint density at radius 3 is 2.57 bits per heavy atom. The van der Waals surface area contributed by atoms with E-state index in [0.29, 0.717) is 0 Å². The lowest BCUT2D eigenvalue weighted by molar-refractivity contribution is 1.22. The molecular formula is C9H7ClN2S2. The minimum atomic E-state index is 0.731. The third kappa shape index (κ3) is 2.08. The number of thioether (sulfide) groups is 1. The van der Waals surface area contributed by atoms with Gasteiger partial charge in [-0.2, -0.15) is 4.37 Å². The number of halogens is 1. The standard InChI is InChI=1S/C9H7ClN2S2/c1-13-9-11-8(12-14-9)6-2-4-7(10)5-3-6/h2-5H,1H3. The summed E-state index contributed by atoms with van der Waals surface area (Å²) >= 11 is 8.81. The Labute approximate surface area is 95.5 Å². The average molecular weight is 243 g/mol. The lowest BCUT2D eigenvalue weighted by Crippen LogP contribution is -1.79. The van der Waals surface area contributed by atoms with Gasteiger partial charge in [0.1, 0.15) is 0 Å². The second-order valence-corrected chi connectivity index (χ2v) is 4.84. The second-order valence-electron chi connectivity index (χ2n) is 2.59. The molecule has 5 heteroatoms. The van der Waals surface area contributed by atoms with Crippen molar-refractivity contribution >= 4 is 34.9 Å². The minimum Gasteiger partial charge on any atom is -0.208 e. The number of aromatic nitrogens is 2. The van der Waals surface area contributed by atoms with Gasteiger partial charge >= 0.3 is 0 Å². The Morgan fingerprint density at radius 2 is 2.00 bits per heavy atom. The van der Waals surface area contributed by atoms with E-state index in [1.807, 2.05) is 30.5 Å². The molecule has 2 nitrogen and oxygen atoms in total. The third-order valence-electron chi connectivity index (χ3n) is 1.68. The van der Waals surface area contributed by atoms with Crippen LogP contribution < -0.4 is 0 Å². The van der Waals surface area contributed by atoms with Crippen molar-refractivity contribution in [2.75, 3.05) is 6.26 Å². The fourth-order valence-corrected chi connectivity index (χ4v) is 2.16. The molecule has 0 atom stereocenters. The maximum absolute atomic E-state index is 5.79. The molecule has 0 bridgehead atoms. The maximum atomic E-state index is 5.79. The molecule has 0 fully saturated rings. The minimum absolute atomic E-state index is 0.731. The lowest BCUT2D eigenvalue weighted by Gasteiger charge is -1.93. The number of hydrogen-bond donors (Lipinski definition) is 0. The van der Waals surface area contributed by atoms with E-state index in [1.165, 1.54) is 11.5 Å². The van der Waals surface area contributed by atoms with Gasteiger partial charge in [0.2, 0.25) is 0 Å². The molecule has 0 N–H and O–H groups in total. The van der Waals surface area contributed by atoms with Crippen molar-refractivity contribution in [3.05, 3.63) is 29.3 Å². The van der Waals surface area contributed by atoms with Crippen LogP contribution in [0.15, 0.2) is 28.6 Å². The molecule has 1 heterocycles. The number of hydrogen-bond acceptors (Lipinski definition) is 4. The molecule has 0 spiro atoms. The van der Waals surface area contributed by atoms with Gasteiger partial charge in [-0.25, -0.2) is 4.98 Å². The van der Waals surface area contributed by atoms with Crippen LogP contribution >= 0.6 is 34.9 Å². The largest absolute Gasteiger partial charge is 0.208 e. The molecule has 0 aliphatic heterocycles. The molecule has 2 aromatic rings. The van der Waals surface area contributed by atoms with Crippen molar-refractivity contribution < 1.29 is 0 Å². The first-order chi connectivity index (χ1) is 6.79. The van der Waals surface area contributed by atoms with Crippen molar-refractivity contribution in [3.63, 3.8) is 0 Å². The molecule has 0 unspecified atom stereocenters. The van der Waals surface area contributed by atoms with E-state index in [1.54, 1.807) is 11.8 Å². The van der Waals surface area contributed by atoms with E-state index in [0.717, 1.165) is 20.8 Å². The van der Waals surface area contributed by atoms with Gasteiger partial charge in [-0.1, -0.05) is 23.4 Å². The first-order valence-electron chi connectivity index (χ1n) is 3.93. The predicted octanol–water partition coefficient (Wildman–Crippen LogP) is 3.58. The average Bonchev–Trinajstić information content (AvgIpc) is 2.67. The van der Waals surface area contributed by atoms with E-state index in [9.17, 15) is 0 Å². The van der Waals surface area contributed by atoms with Gasteiger partial charge < -0.3 is 0 Å². The Morgan fingerprint density at radius 1 is 1.29 bits per heavy atom. The van der Waals surface area contributed by atoms with E-state index in [2.05, 4.69) is 9.36 Å². The van der Waals surface area contributed by atoms with Crippen LogP contribution in [0, 0.1) is 0 Å². The van der Waals surface area contributed by atoms with Gasteiger partial charge in [0.25, 0.3) is 0 Å².